The van der Waals surface area contributed by atoms with Crippen LogP contribution in [0.5, 0.6) is 5.75 Å². The molecule has 3 heterocycles. The Hall–Kier alpha value is -3.72. The number of ether oxygens (including phenoxy) is 1. The topological polar surface area (TPSA) is 66.8 Å². The average molecular weight is 645 g/mol. The van der Waals surface area contributed by atoms with Gasteiger partial charge in [-0.2, -0.15) is 0 Å². The number of nitrogens with one attached hydrogen (secondary N) is 1. The van der Waals surface area contributed by atoms with Crippen LogP contribution in [-0.2, 0) is 13.1 Å². The fourth-order valence-corrected chi connectivity index (χ4v) is 7.27. The third-order valence-corrected chi connectivity index (χ3v) is 9.43. The van der Waals surface area contributed by atoms with Gasteiger partial charge in [-0.3, -0.25) is 19.4 Å². The lowest BCUT2D eigenvalue weighted by atomic mass is 10.1. The van der Waals surface area contributed by atoms with Gasteiger partial charge in [0.15, 0.2) is 5.78 Å². The van der Waals surface area contributed by atoms with Gasteiger partial charge in [-0.1, -0.05) is 53.6 Å². The summed E-state index contributed by atoms with van der Waals surface area (Å²) in [6, 6.07) is 19.1. The number of hydrogen-bond acceptors (Lipinski definition) is 5. The second-order valence-electron chi connectivity index (χ2n) is 12.9. The summed E-state index contributed by atoms with van der Waals surface area (Å²) < 4.78 is 22.0. The van der Waals surface area contributed by atoms with Gasteiger partial charge in [0.1, 0.15) is 11.6 Å². The third kappa shape index (κ3) is 7.14. The number of aromatic nitrogens is 1. The number of carbonyl (C=O) groups is 2. The molecule has 2 aliphatic heterocycles. The van der Waals surface area contributed by atoms with E-state index >= 15 is 0 Å². The van der Waals surface area contributed by atoms with Crippen molar-refractivity contribution in [2.24, 2.45) is 0 Å². The molecule has 0 radical (unpaired) electrons. The minimum Gasteiger partial charge on any atom is -0.489 e. The smallest absolute Gasteiger partial charge is 0.253 e. The summed E-state index contributed by atoms with van der Waals surface area (Å²) in [7, 11) is 0. The van der Waals surface area contributed by atoms with Gasteiger partial charge in [-0.25, -0.2) is 4.39 Å². The molecule has 46 heavy (non-hydrogen) atoms. The van der Waals surface area contributed by atoms with Crippen molar-refractivity contribution in [2.45, 2.75) is 71.3 Å². The molecular formula is C37H42ClFN4O3. The lowest BCUT2D eigenvalue weighted by Gasteiger charge is -2.41. The van der Waals surface area contributed by atoms with Crippen LogP contribution < -0.4 is 10.1 Å². The van der Waals surface area contributed by atoms with E-state index in [0.717, 1.165) is 73.2 Å². The number of para-hydroxylation sites is 1. The van der Waals surface area contributed by atoms with Crippen LogP contribution in [0, 0.1) is 12.7 Å². The molecule has 1 N–H and O–H groups in total. The Morgan fingerprint density at radius 2 is 1.78 bits per heavy atom. The second kappa shape index (κ2) is 14.0. The zero-order chi connectivity index (χ0) is 32.4. The number of fused-ring (bicyclic) bond motifs is 3. The molecule has 2 bridgehead atoms. The van der Waals surface area contributed by atoms with Crippen molar-refractivity contribution < 1.29 is 18.7 Å². The SMILES string of the molecule is Cc1cccc(CNC(=O)c2cn(CCCN3C4CCC3CN(CC(=O)c3ccc(F)c(Cl)c3)C4)c3c(OC(C)C)cccc23)c1. The Morgan fingerprint density at radius 1 is 1.02 bits per heavy atom. The molecule has 4 aromatic rings. The van der Waals surface area contributed by atoms with Gasteiger partial charge < -0.3 is 14.6 Å². The fraction of sp³-hybridized carbons (Fsp3) is 0.405. The van der Waals surface area contributed by atoms with Crippen LogP contribution in [0.3, 0.4) is 0 Å². The lowest BCUT2D eigenvalue weighted by molar-refractivity contribution is 0.0588. The highest BCUT2D eigenvalue weighted by Crippen LogP contribution is 2.33. The number of ketones is 1. The van der Waals surface area contributed by atoms with Gasteiger partial charge in [0.25, 0.3) is 5.91 Å². The summed E-state index contributed by atoms with van der Waals surface area (Å²) in [6.45, 7) is 10.2. The minimum atomic E-state index is -0.515. The summed E-state index contributed by atoms with van der Waals surface area (Å²) >= 11 is 5.91. The molecule has 7 nitrogen and oxygen atoms in total. The normalized spacial score (nSPS) is 18.4. The van der Waals surface area contributed by atoms with E-state index in [0.29, 0.717) is 36.3 Å². The van der Waals surface area contributed by atoms with Crippen molar-refractivity contribution in [2.75, 3.05) is 26.2 Å². The van der Waals surface area contributed by atoms with E-state index in [9.17, 15) is 14.0 Å². The number of nitrogens with zero attached hydrogens (tertiary/aromatic N) is 3. The average Bonchev–Trinajstić information content (AvgIpc) is 3.51. The molecule has 0 saturated carbocycles. The molecule has 2 atom stereocenters. The van der Waals surface area contributed by atoms with Gasteiger partial charge in [0, 0.05) is 62.0 Å². The Labute approximate surface area is 275 Å². The Kier molecular flexibility index (Phi) is 9.78. The number of aryl methyl sites for hydroxylation is 2. The Balaban J connectivity index is 1.12. The third-order valence-electron chi connectivity index (χ3n) is 9.14. The quantitative estimate of drug-likeness (QED) is 0.170. The first-order chi connectivity index (χ1) is 22.2. The van der Waals surface area contributed by atoms with Crippen LogP contribution in [0.2, 0.25) is 5.02 Å². The van der Waals surface area contributed by atoms with E-state index in [1.807, 2.05) is 63.4 Å². The van der Waals surface area contributed by atoms with E-state index < -0.39 is 5.82 Å². The Bertz CT molecular complexity index is 1720. The molecule has 2 fully saturated rings. The zero-order valence-electron chi connectivity index (χ0n) is 26.8. The molecule has 3 aromatic carbocycles. The number of benzene rings is 3. The van der Waals surface area contributed by atoms with Crippen molar-refractivity contribution >= 4 is 34.2 Å². The summed E-state index contributed by atoms with van der Waals surface area (Å²) in [5, 5.41) is 3.98. The van der Waals surface area contributed by atoms with Crippen LogP contribution in [-0.4, -0.2) is 70.4 Å². The number of likely N-dealkylation sites (tertiary alicyclic amines) is 1. The summed E-state index contributed by atoms with van der Waals surface area (Å²) in [5.74, 6) is 0.135. The highest BCUT2D eigenvalue weighted by atomic mass is 35.5. The predicted octanol–water partition coefficient (Wildman–Crippen LogP) is 6.88. The molecule has 6 rings (SSSR count). The number of halogens is 2. The maximum Gasteiger partial charge on any atom is 0.253 e. The number of rotatable bonds is 12. The number of hydrogen-bond donors (Lipinski definition) is 1. The van der Waals surface area contributed by atoms with Crippen LogP contribution in [0.25, 0.3) is 10.9 Å². The minimum absolute atomic E-state index is 0.00592. The first-order valence-corrected chi connectivity index (χ1v) is 16.6. The van der Waals surface area contributed by atoms with Crippen LogP contribution in [0.1, 0.15) is 65.0 Å². The molecule has 9 heteroatoms. The van der Waals surface area contributed by atoms with Crippen LogP contribution >= 0.6 is 11.6 Å². The maximum absolute atomic E-state index is 13.6. The summed E-state index contributed by atoms with van der Waals surface area (Å²) in [4.78, 5) is 31.2. The zero-order valence-corrected chi connectivity index (χ0v) is 27.5. The summed E-state index contributed by atoms with van der Waals surface area (Å²) in [5.41, 5.74) is 4.28. The van der Waals surface area contributed by atoms with Crippen molar-refractivity contribution in [1.29, 1.82) is 0 Å². The van der Waals surface area contributed by atoms with E-state index in [-0.39, 0.29) is 22.8 Å². The van der Waals surface area contributed by atoms with Gasteiger partial charge in [0.2, 0.25) is 0 Å². The molecule has 2 unspecified atom stereocenters. The van der Waals surface area contributed by atoms with Crippen LogP contribution in [0.15, 0.2) is 66.9 Å². The maximum atomic E-state index is 13.6. The fourth-order valence-electron chi connectivity index (χ4n) is 7.09. The van der Waals surface area contributed by atoms with E-state index in [4.69, 9.17) is 16.3 Å². The second-order valence-corrected chi connectivity index (χ2v) is 13.4. The molecule has 0 aliphatic carbocycles. The van der Waals surface area contributed by atoms with Crippen molar-refractivity contribution in [3.05, 3.63) is 100.0 Å². The molecule has 2 aliphatic rings. The highest BCUT2D eigenvalue weighted by Gasteiger charge is 2.39. The largest absolute Gasteiger partial charge is 0.489 e. The first-order valence-electron chi connectivity index (χ1n) is 16.2. The van der Waals surface area contributed by atoms with Crippen molar-refractivity contribution in [3.8, 4) is 5.75 Å². The molecule has 1 amide bonds. The van der Waals surface area contributed by atoms with Gasteiger partial charge in [0.05, 0.1) is 28.8 Å². The van der Waals surface area contributed by atoms with E-state index in [2.05, 4.69) is 25.8 Å². The van der Waals surface area contributed by atoms with E-state index in [1.165, 1.54) is 18.2 Å². The monoisotopic (exact) mass is 644 g/mol. The number of amides is 1. The molecule has 242 valence electrons. The van der Waals surface area contributed by atoms with Gasteiger partial charge in [-0.15, -0.1) is 0 Å². The van der Waals surface area contributed by atoms with Gasteiger partial charge >= 0.3 is 0 Å². The van der Waals surface area contributed by atoms with Crippen LogP contribution in [0.4, 0.5) is 4.39 Å². The Morgan fingerprint density at radius 3 is 2.50 bits per heavy atom. The summed E-state index contributed by atoms with van der Waals surface area (Å²) in [6.07, 6.45) is 5.13. The molecule has 2 saturated heterocycles. The number of carbonyl (C=O) groups excluding carboxylic acids is 2. The van der Waals surface area contributed by atoms with E-state index in [1.54, 1.807) is 0 Å². The molecule has 0 spiro atoms. The lowest BCUT2D eigenvalue weighted by Crippen LogP contribution is -2.54. The standard InChI is InChI=1S/C37H42ClFN4O3/c1-24(2)46-35-10-5-9-30-31(37(45)40-19-26-8-4-7-25(3)17-26)22-42(36(30)35)15-6-16-43-28-12-13-29(43)21-41(20-28)23-34(44)27-11-14-33(39)32(38)18-27/h4-5,7-11,14,17-18,22,24,28-29H,6,12-13,15-16,19-21,23H2,1-3H3,(H,40,45). The van der Waals surface area contributed by atoms with Crippen molar-refractivity contribution in [1.82, 2.24) is 19.7 Å². The highest BCUT2D eigenvalue weighted by molar-refractivity contribution is 6.31. The first kappa shape index (κ1) is 32.2. The van der Waals surface area contributed by atoms with Crippen molar-refractivity contribution in [3.63, 3.8) is 0 Å². The number of piperazine rings is 1. The van der Waals surface area contributed by atoms with Gasteiger partial charge in [-0.05, 0) is 69.9 Å². The molecular weight excluding hydrogens is 603 g/mol. The predicted molar refractivity (Wildman–Crippen MR) is 180 cm³/mol. The number of Topliss-reactive ketones (excluding diaryl/α,β-unsaturated/α-hetero) is 1. The molecule has 1 aromatic heterocycles.